The van der Waals surface area contributed by atoms with E-state index in [1.807, 2.05) is 42.5 Å². The molecular formula is C27H23Cl2NO2. The molecule has 162 valence electrons. The molecule has 4 aromatic rings. The number of furan rings is 1. The van der Waals surface area contributed by atoms with E-state index in [4.69, 9.17) is 27.6 Å². The van der Waals surface area contributed by atoms with Crippen LogP contribution in [0.2, 0.25) is 10.0 Å². The number of halogens is 2. The Hall–Kier alpha value is -2.75. The zero-order valence-corrected chi connectivity index (χ0v) is 19.4. The molecule has 3 nitrogen and oxygen atoms in total. The molecule has 1 atom stereocenters. The van der Waals surface area contributed by atoms with Crippen LogP contribution in [0.3, 0.4) is 0 Å². The van der Waals surface area contributed by atoms with Crippen LogP contribution < -0.4 is 5.32 Å². The fraction of sp³-hybridized carbons (Fsp3) is 0.222. The van der Waals surface area contributed by atoms with E-state index >= 15 is 0 Å². The standard InChI is InChI=1S/C27H23Cl2NO2/c1-15(2)24-22-9-5-8-21(17-12-18(28)14-19(29)13-17)25(22)32-26(24)27(31)30-23-11-10-16-6-3-4-7-20(16)23/h3-9,12-15,23H,10-11H2,1-2H3,(H,30,31)/t23-/m0/s1. The van der Waals surface area contributed by atoms with Crippen molar-refractivity contribution in [1.82, 2.24) is 5.32 Å². The van der Waals surface area contributed by atoms with Crippen LogP contribution in [0, 0.1) is 0 Å². The highest BCUT2D eigenvalue weighted by molar-refractivity contribution is 6.35. The molecule has 3 aromatic carbocycles. The van der Waals surface area contributed by atoms with Crippen molar-refractivity contribution in [3.05, 3.63) is 93.2 Å². The van der Waals surface area contributed by atoms with E-state index in [2.05, 4.69) is 31.3 Å². The molecule has 1 N–H and O–H groups in total. The Labute approximate surface area is 197 Å². The van der Waals surface area contributed by atoms with Gasteiger partial charge in [0.25, 0.3) is 5.91 Å². The van der Waals surface area contributed by atoms with Crippen LogP contribution in [-0.4, -0.2) is 5.91 Å². The molecular weight excluding hydrogens is 441 g/mol. The molecule has 1 amide bonds. The number of carbonyl (C=O) groups excluding carboxylic acids is 1. The second-order valence-electron chi connectivity index (χ2n) is 8.60. The van der Waals surface area contributed by atoms with E-state index in [9.17, 15) is 4.79 Å². The predicted molar refractivity (Wildman–Crippen MR) is 131 cm³/mol. The second-order valence-corrected chi connectivity index (χ2v) is 9.48. The molecule has 0 aliphatic heterocycles. The zero-order valence-electron chi connectivity index (χ0n) is 17.9. The molecule has 0 fully saturated rings. The Morgan fingerprint density at radius 3 is 2.53 bits per heavy atom. The van der Waals surface area contributed by atoms with Crippen molar-refractivity contribution < 1.29 is 9.21 Å². The fourth-order valence-corrected chi connectivity index (χ4v) is 5.27. The first-order valence-corrected chi connectivity index (χ1v) is 11.6. The van der Waals surface area contributed by atoms with Gasteiger partial charge < -0.3 is 9.73 Å². The molecule has 1 aliphatic rings. The van der Waals surface area contributed by atoms with Crippen LogP contribution in [-0.2, 0) is 6.42 Å². The van der Waals surface area contributed by atoms with Crippen LogP contribution in [0.4, 0.5) is 0 Å². The monoisotopic (exact) mass is 463 g/mol. The van der Waals surface area contributed by atoms with E-state index in [1.54, 1.807) is 6.07 Å². The molecule has 1 aromatic heterocycles. The third-order valence-corrected chi connectivity index (χ3v) is 6.59. The number of para-hydroxylation sites is 1. The highest BCUT2D eigenvalue weighted by Crippen LogP contribution is 2.39. The van der Waals surface area contributed by atoms with Crippen molar-refractivity contribution in [3.8, 4) is 11.1 Å². The van der Waals surface area contributed by atoms with Gasteiger partial charge in [-0.15, -0.1) is 0 Å². The normalized spacial score (nSPS) is 15.3. The van der Waals surface area contributed by atoms with Crippen LogP contribution in [0.15, 0.2) is 65.1 Å². The number of hydrogen-bond donors (Lipinski definition) is 1. The van der Waals surface area contributed by atoms with Gasteiger partial charge in [-0.3, -0.25) is 4.79 Å². The summed E-state index contributed by atoms with van der Waals surface area (Å²) in [5.74, 6) is 0.313. The van der Waals surface area contributed by atoms with Crippen LogP contribution in [0.5, 0.6) is 0 Å². The first-order valence-electron chi connectivity index (χ1n) is 10.8. The summed E-state index contributed by atoms with van der Waals surface area (Å²) in [6.07, 6.45) is 1.87. The second kappa shape index (κ2) is 8.31. The maximum Gasteiger partial charge on any atom is 0.287 e. The highest BCUT2D eigenvalue weighted by atomic mass is 35.5. The van der Waals surface area contributed by atoms with Crippen molar-refractivity contribution in [1.29, 1.82) is 0 Å². The summed E-state index contributed by atoms with van der Waals surface area (Å²) < 4.78 is 6.29. The first-order chi connectivity index (χ1) is 15.4. The first kappa shape index (κ1) is 21.1. The van der Waals surface area contributed by atoms with E-state index in [0.717, 1.165) is 34.9 Å². The highest BCUT2D eigenvalue weighted by Gasteiger charge is 2.29. The number of nitrogens with one attached hydrogen (secondary N) is 1. The molecule has 0 saturated carbocycles. The molecule has 1 heterocycles. The van der Waals surface area contributed by atoms with Gasteiger partial charge >= 0.3 is 0 Å². The van der Waals surface area contributed by atoms with Gasteiger partial charge in [-0.1, -0.05) is 79.5 Å². The van der Waals surface area contributed by atoms with Crippen molar-refractivity contribution in [3.63, 3.8) is 0 Å². The smallest absolute Gasteiger partial charge is 0.287 e. The predicted octanol–water partition coefficient (Wildman–Crippen LogP) is 7.95. The number of aryl methyl sites for hydroxylation is 1. The van der Waals surface area contributed by atoms with Crippen LogP contribution in [0.1, 0.15) is 59.5 Å². The quantitative estimate of drug-likeness (QED) is 0.333. The molecule has 0 bridgehead atoms. The van der Waals surface area contributed by atoms with Crippen LogP contribution in [0.25, 0.3) is 22.1 Å². The summed E-state index contributed by atoms with van der Waals surface area (Å²) in [7, 11) is 0. The minimum Gasteiger partial charge on any atom is -0.450 e. The van der Waals surface area contributed by atoms with Gasteiger partial charge in [0.1, 0.15) is 5.58 Å². The van der Waals surface area contributed by atoms with Crippen molar-refractivity contribution in [2.24, 2.45) is 0 Å². The summed E-state index contributed by atoms with van der Waals surface area (Å²) >= 11 is 12.5. The average Bonchev–Trinajstić information content (AvgIpc) is 3.34. The lowest BCUT2D eigenvalue weighted by Crippen LogP contribution is -2.27. The van der Waals surface area contributed by atoms with Gasteiger partial charge in [0, 0.05) is 26.6 Å². The molecule has 1 aliphatic carbocycles. The Bertz CT molecular complexity index is 1320. The van der Waals surface area contributed by atoms with Gasteiger partial charge in [-0.2, -0.15) is 0 Å². The average molecular weight is 464 g/mol. The molecule has 32 heavy (non-hydrogen) atoms. The molecule has 0 unspecified atom stereocenters. The lowest BCUT2D eigenvalue weighted by atomic mass is 9.96. The Morgan fingerprint density at radius 2 is 1.78 bits per heavy atom. The minimum atomic E-state index is -0.179. The Morgan fingerprint density at radius 1 is 1.03 bits per heavy atom. The van der Waals surface area contributed by atoms with E-state index in [0.29, 0.717) is 21.4 Å². The number of benzene rings is 3. The number of fused-ring (bicyclic) bond motifs is 2. The Kier molecular flexibility index (Phi) is 5.48. The Balaban J connectivity index is 1.59. The fourth-order valence-electron chi connectivity index (χ4n) is 4.75. The lowest BCUT2D eigenvalue weighted by Gasteiger charge is -2.14. The summed E-state index contributed by atoms with van der Waals surface area (Å²) in [6.45, 7) is 4.16. The van der Waals surface area contributed by atoms with Gasteiger partial charge in [0.2, 0.25) is 0 Å². The summed E-state index contributed by atoms with van der Waals surface area (Å²) in [4.78, 5) is 13.4. The van der Waals surface area contributed by atoms with E-state index in [1.165, 1.54) is 11.1 Å². The van der Waals surface area contributed by atoms with E-state index in [-0.39, 0.29) is 17.9 Å². The molecule has 0 saturated heterocycles. The topological polar surface area (TPSA) is 42.2 Å². The third kappa shape index (κ3) is 3.70. The number of amides is 1. The summed E-state index contributed by atoms with van der Waals surface area (Å²) in [5, 5.41) is 5.25. The number of carbonyl (C=O) groups is 1. The summed E-state index contributed by atoms with van der Waals surface area (Å²) in [5.41, 5.74) is 5.79. The number of hydrogen-bond acceptors (Lipinski definition) is 2. The van der Waals surface area contributed by atoms with Crippen LogP contribution >= 0.6 is 23.2 Å². The SMILES string of the molecule is CC(C)c1c(C(=O)N[C@H]2CCc3ccccc32)oc2c(-c3cc(Cl)cc(Cl)c3)cccc12. The van der Waals surface area contributed by atoms with Crippen molar-refractivity contribution in [2.45, 2.75) is 38.6 Å². The zero-order chi connectivity index (χ0) is 22.4. The minimum absolute atomic E-state index is 0.00173. The molecule has 0 spiro atoms. The maximum absolute atomic E-state index is 13.4. The largest absolute Gasteiger partial charge is 0.450 e. The molecule has 5 heteroatoms. The number of rotatable bonds is 4. The van der Waals surface area contributed by atoms with Gasteiger partial charge in [0.15, 0.2) is 5.76 Å². The van der Waals surface area contributed by atoms with E-state index < -0.39 is 0 Å². The van der Waals surface area contributed by atoms with Gasteiger partial charge in [0.05, 0.1) is 6.04 Å². The van der Waals surface area contributed by atoms with Crippen molar-refractivity contribution >= 4 is 40.1 Å². The van der Waals surface area contributed by atoms with Gasteiger partial charge in [-0.05, 0) is 53.6 Å². The summed E-state index contributed by atoms with van der Waals surface area (Å²) in [6, 6.07) is 19.6. The molecule has 0 radical (unpaired) electrons. The van der Waals surface area contributed by atoms with Crippen molar-refractivity contribution in [2.75, 3.05) is 0 Å². The van der Waals surface area contributed by atoms with Gasteiger partial charge in [-0.25, -0.2) is 0 Å². The third-order valence-electron chi connectivity index (χ3n) is 6.15. The molecule has 5 rings (SSSR count). The maximum atomic E-state index is 13.4. The lowest BCUT2D eigenvalue weighted by molar-refractivity contribution is 0.0909.